The summed E-state index contributed by atoms with van der Waals surface area (Å²) in [6.45, 7) is 3.08. The van der Waals surface area contributed by atoms with Crippen molar-refractivity contribution in [2.45, 2.75) is 13.5 Å². The molecule has 6 heteroatoms. The van der Waals surface area contributed by atoms with Crippen molar-refractivity contribution >= 4 is 23.2 Å². The Hall–Kier alpha value is -2.24. The van der Waals surface area contributed by atoms with Gasteiger partial charge in [-0.05, 0) is 42.8 Å². The third-order valence-corrected chi connectivity index (χ3v) is 4.14. The van der Waals surface area contributed by atoms with Crippen molar-refractivity contribution in [3.05, 3.63) is 52.5 Å². The Kier molecular flexibility index (Phi) is 6.67. The first kappa shape index (κ1) is 19.1. The highest BCUT2D eigenvalue weighted by atomic mass is 35.5. The number of methoxy groups -OCH3 is 2. The maximum absolute atomic E-state index is 12.2. The van der Waals surface area contributed by atoms with E-state index in [0.717, 1.165) is 16.0 Å². The summed E-state index contributed by atoms with van der Waals surface area (Å²) in [5, 5.41) is 3.46. The van der Waals surface area contributed by atoms with Crippen LogP contribution in [0, 0.1) is 6.92 Å². The van der Waals surface area contributed by atoms with Crippen molar-refractivity contribution in [3.8, 4) is 11.5 Å². The molecule has 2 aromatic carbocycles. The molecular formula is C19H24ClN2O3+. The fraction of sp³-hybridized carbons (Fsp3) is 0.316. The Morgan fingerprint density at radius 3 is 2.48 bits per heavy atom. The first-order chi connectivity index (χ1) is 11.9. The van der Waals surface area contributed by atoms with Gasteiger partial charge in [-0.3, -0.25) is 4.79 Å². The quantitative estimate of drug-likeness (QED) is 0.793. The summed E-state index contributed by atoms with van der Waals surface area (Å²) < 4.78 is 10.7. The van der Waals surface area contributed by atoms with Crippen LogP contribution in [0.25, 0.3) is 0 Å². The van der Waals surface area contributed by atoms with Crippen molar-refractivity contribution in [2.75, 3.05) is 33.1 Å². The highest BCUT2D eigenvalue weighted by Gasteiger charge is 2.15. The number of hydrogen-bond donors (Lipinski definition) is 2. The highest BCUT2D eigenvalue weighted by Crippen LogP contribution is 2.29. The van der Waals surface area contributed by atoms with Gasteiger partial charge in [-0.15, -0.1) is 0 Å². The lowest BCUT2D eigenvalue weighted by atomic mass is 10.1. The van der Waals surface area contributed by atoms with E-state index in [9.17, 15) is 4.79 Å². The van der Waals surface area contributed by atoms with Crippen molar-refractivity contribution in [3.63, 3.8) is 0 Å². The molecular weight excluding hydrogens is 340 g/mol. The molecule has 0 aliphatic heterocycles. The molecule has 0 aliphatic rings. The van der Waals surface area contributed by atoms with Crippen molar-refractivity contribution in [1.29, 1.82) is 0 Å². The Labute approximate surface area is 153 Å². The summed E-state index contributed by atoms with van der Waals surface area (Å²) in [6, 6.07) is 11.0. The number of carbonyl (C=O) groups excluding carboxylic acids is 1. The van der Waals surface area contributed by atoms with Crippen molar-refractivity contribution in [2.24, 2.45) is 0 Å². The molecule has 2 aromatic rings. The summed E-state index contributed by atoms with van der Waals surface area (Å²) in [7, 11) is 5.22. The average Bonchev–Trinajstić information content (AvgIpc) is 2.56. The van der Waals surface area contributed by atoms with E-state index in [1.54, 1.807) is 26.4 Å². The summed E-state index contributed by atoms with van der Waals surface area (Å²) in [6.07, 6.45) is 0. The van der Waals surface area contributed by atoms with Gasteiger partial charge in [0, 0.05) is 16.3 Å². The number of likely N-dealkylation sites (N-methyl/N-ethyl adjacent to an activating group) is 1. The van der Waals surface area contributed by atoms with Gasteiger partial charge in [0.05, 0.1) is 21.3 Å². The Morgan fingerprint density at radius 1 is 1.16 bits per heavy atom. The molecule has 0 spiro atoms. The Morgan fingerprint density at radius 2 is 1.84 bits per heavy atom. The standard InChI is InChI=1S/C19H23ClN2O3/c1-13-8-17(24-3)18(25-4)9-14(13)11-22(2)12-19(23)21-16-7-5-6-15(20)10-16/h5-10H,11-12H2,1-4H3,(H,21,23)/p+1. The largest absolute Gasteiger partial charge is 0.493 e. The summed E-state index contributed by atoms with van der Waals surface area (Å²) in [4.78, 5) is 13.3. The molecule has 1 amide bonds. The van der Waals surface area contributed by atoms with Crippen molar-refractivity contribution in [1.82, 2.24) is 0 Å². The minimum Gasteiger partial charge on any atom is -0.493 e. The second-order valence-corrected chi connectivity index (χ2v) is 6.44. The number of amides is 1. The molecule has 0 aromatic heterocycles. The third-order valence-electron chi connectivity index (χ3n) is 3.91. The number of hydrogen-bond acceptors (Lipinski definition) is 3. The van der Waals surface area contributed by atoms with E-state index in [4.69, 9.17) is 21.1 Å². The van der Waals surface area contributed by atoms with Gasteiger partial charge in [-0.1, -0.05) is 17.7 Å². The Balaban J connectivity index is 2.00. The Bertz CT molecular complexity index is 749. The van der Waals surface area contributed by atoms with Crippen LogP contribution in [0.5, 0.6) is 11.5 Å². The average molecular weight is 364 g/mol. The maximum atomic E-state index is 12.2. The first-order valence-electron chi connectivity index (χ1n) is 8.01. The molecule has 2 rings (SSSR count). The minimum absolute atomic E-state index is 0.0575. The third kappa shape index (κ3) is 5.37. The number of quaternary nitrogens is 1. The van der Waals surface area contributed by atoms with Crippen molar-refractivity contribution < 1.29 is 19.2 Å². The maximum Gasteiger partial charge on any atom is 0.279 e. The van der Waals surface area contributed by atoms with E-state index in [-0.39, 0.29) is 5.91 Å². The molecule has 5 nitrogen and oxygen atoms in total. The van der Waals surface area contributed by atoms with Crippen LogP contribution in [0.2, 0.25) is 5.02 Å². The molecule has 0 saturated carbocycles. The summed E-state index contributed by atoms with van der Waals surface area (Å²) >= 11 is 5.93. The van der Waals surface area contributed by atoms with E-state index in [1.807, 2.05) is 38.2 Å². The predicted octanol–water partition coefficient (Wildman–Crippen LogP) is 2.32. The van der Waals surface area contributed by atoms with E-state index in [2.05, 4.69) is 5.32 Å². The van der Waals surface area contributed by atoms with Gasteiger partial charge in [0.15, 0.2) is 18.0 Å². The zero-order valence-corrected chi connectivity index (χ0v) is 15.7. The molecule has 0 heterocycles. The van der Waals surface area contributed by atoms with Crippen LogP contribution in [-0.2, 0) is 11.3 Å². The van der Waals surface area contributed by atoms with E-state index >= 15 is 0 Å². The number of ether oxygens (including phenoxy) is 2. The van der Waals surface area contributed by atoms with Crippen LogP contribution in [-0.4, -0.2) is 33.7 Å². The molecule has 2 N–H and O–H groups in total. The first-order valence-corrected chi connectivity index (χ1v) is 8.39. The van der Waals surface area contributed by atoms with Gasteiger partial charge in [0.25, 0.3) is 5.91 Å². The number of nitrogens with one attached hydrogen (secondary N) is 2. The number of anilines is 1. The topological polar surface area (TPSA) is 52.0 Å². The van der Waals surface area contributed by atoms with Crippen LogP contribution < -0.4 is 19.7 Å². The lowest BCUT2D eigenvalue weighted by molar-refractivity contribution is -0.885. The monoisotopic (exact) mass is 363 g/mol. The number of halogens is 1. The minimum atomic E-state index is -0.0575. The molecule has 0 fully saturated rings. The normalized spacial score (nSPS) is 11.7. The molecule has 0 radical (unpaired) electrons. The van der Waals surface area contributed by atoms with Crippen LogP contribution in [0.15, 0.2) is 36.4 Å². The van der Waals surface area contributed by atoms with Gasteiger partial charge in [-0.2, -0.15) is 0 Å². The van der Waals surface area contributed by atoms with Crippen LogP contribution >= 0.6 is 11.6 Å². The van der Waals surface area contributed by atoms with Gasteiger partial charge in [-0.25, -0.2) is 0 Å². The molecule has 1 unspecified atom stereocenters. The lowest BCUT2D eigenvalue weighted by Crippen LogP contribution is -3.08. The SMILES string of the molecule is COc1cc(C)c(C[NH+](C)CC(=O)Nc2cccc(Cl)c2)cc1OC. The molecule has 0 bridgehead atoms. The van der Waals surface area contributed by atoms with Gasteiger partial charge in [0.1, 0.15) is 6.54 Å². The van der Waals surface area contributed by atoms with Crippen LogP contribution in [0.3, 0.4) is 0 Å². The van der Waals surface area contributed by atoms with Gasteiger partial charge < -0.3 is 19.7 Å². The fourth-order valence-corrected chi connectivity index (χ4v) is 2.84. The molecule has 0 aliphatic carbocycles. The summed E-state index contributed by atoms with van der Waals surface area (Å²) in [5.41, 5.74) is 2.92. The van der Waals surface area contributed by atoms with E-state index < -0.39 is 0 Å². The number of carbonyl (C=O) groups is 1. The zero-order chi connectivity index (χ0) is 18.4. The number of benzene rings is 2. The lowest BCUT2D eigenvalue weighted by Gasteiger charge is -2.17. The van der Waals surface area contributed by atoms with Gasteiger partial charge in [0.2, 0.25) is 0 Å². The summed E-state index contributed by atoms with van der Waals surface area (Å²) in [5.74, 6) is 1.34. The second-order valence-electron chi connectivity index (χ2n) is 6.00. The number of rotatable bonds is 7. The molecule has 1 atom stereocenters. The second kappa shape index (κ2) is 8.74. The predicted molar refractivity (Wildman–Crippen MR) is 99.8 cm³/mol. The van der Waals surface area contributed by atoms with Crippen LogP contribution in [0.1, 0.15) is 11.1 Å². The smallest absolute Gasteiger partial charge is 0.279 e. The zero-order valence-electron chi connectivity index (χ0n) is 15.0. The molecule has 134 valence electrons. The number of aryl methyl sites for hydroxylation is 1. The van der Waals surface area contributed by atoms with Gasteiger partial charge >= 0.3 is 0 Å². The van der Waals surface area contributed by atoms with Crippen LogP contribution in [0.4, 0.5) is 5.69 Å². The van der Waals surface area contributed by atoms with E-state index in [0.29, 0.717) is 35.3 Å². The fourth-order valence-electron chi connectivity index (χ4n) is 2.65. The molecule has 0 saturated heterocycles. The highest BCUT2D eigenvalue weighted by molar-refractivity contribution is 6.30. The van der Waals surface area contributed by atoms with E-state index in [1.165, 1.54) is 0 Å². The molecule has 25 heavy (non-hydrogen) atoms.